The molecule has 0 saturated heterocycles. The van der Waals surface area contributed by atoms with Crippen molar-refractivity contribution in [2.75, 3.05) is 0 Å². The summed E-state index contributed by atoms with van der Waals surface area (Å²) in [5.41, 5.74) is 1.93. The van der Waals surface area contributed by atoms with Crippen LogP contribution < -0.4 is 9.47 Å². The van der Waals surface area contributed by atoms with E-state index in [9.17, 15) is 14.0 Å². The molecule has 0 N–H and O–H groups in total. The fraction of sp³-hybridized carbons (Fsp3) is 0.0455. The van der Waals surface area contributed by atoms with Crippen molar-refractivity contribution < 1.29 is 23.5 Å². The summed E-state index contributed by atoms with van der Waals surface area (Å²) in [7, 11) is 0. The number of ether oxygens (including phenoxy) is 2. The number of aromatic nitrogens is 1. The van der Waals surface area contributed by atoms with E-state index in [0.717, 1.165) is 5.56 Å². The second-order valence-corrected chi connectivity index (χ2v) is 6.18. The van der Waals surface area contributed by atoms with Crippen LogP contribution in [0.5, 0.6) is 11.5 Å². The average Bonchev–Trinajstić information content (AvgIpc) is 3.02. The van der Waals surface area contributed by atoms with Gasteiger partial charge in [0.05, 0.1) is 11.1 Å². The van der Waals surface area contributed by atoms with Gasteiger partial charge in [0.2, 0.25) is 5.78 Å². The predicted molar refractivity (Wildman–Crippen MR) is 99.7 cm³/mol. The Morgan fingerprint density at radius 3 is 2.50 bits per heavy atom. The van der Waals surface area contributed by atoms with Crippen LogP contribution >= 0.6 is 0 Å². The number of ketones is 1. The maximum atomic E-state index is 13.0. The Balaban J connectivity index is 1.61. The number of carbonyl (C=O) groups excluding carboxylic acids is 2. The van der Waals surface area contributed by atoms with Gasteiger partial charge in [0.15, 0.2) is 5.76 Å². The van der Waals surface area contributed by atoms with Crippen LogP contribution in [-0.2, 0) is 0 Å². The Hall–Kier alpha value is -3.80. The second-order valence-electron chi connectivity index (χ2n) is 6.18. The summed E-state index contributed by atoms with van der Waals surface area (Å²) in [6.07, 6.45) is 4.88. The third kappa shape index (κ3) is 3.27. The number of benzene rings is 2. The lowest BCUT2D eigenvalue weighted by molar-refractivity contribution is 0.0733. The number of esters is 1. The van der Waals surface area contributed by atoms with Crippen LogP contribution in [0.4, 0.5) is 4.39 Å². The zero-order valence-corrected chi connectivity index (χ0v) is 14.8. The summed E-state index contributed by atoms with van der Waals surface area (Å²) < 4.78 is 24.2. The number of Topliss-reactive ketones (excluding diaryl/α,β-unsaturated/α-hetero) is 1. The molecule has 0 atom stereocenters. The molecule has 3 aromatic rings. The Bertz CT molecular complexity index is 1110. The predicted octanol–water partition coefficient (Wildman–Crippen LogP) is 4.36. The number of pyridine rings is 1. The van der Waals surface area contributed by atoms with Gasteiger partial charge in [0.1, 0.15) is 17.3 Å². The van der Waals surface area contributed by atoms with Crippen LogP contribution in [-0.4, -0.2) is 16.7 Å². The summed E-state index contributed by atoms with van der Waals surface area (Å²) >= 11 is 0. The number of nitrogens with zero attached hydrogens (tertiary/aromatic N) is 1. The van der Waals surface area contributed by atoms with Crippen molar-refractivity contribution in [3.63, 3.8) is 0 Å². The maximum absolute atomic E-state index is 13.0. The van der Waals surface area contributed by atoms with Gasteiger partial charge in [-0.3, -0.25) is 9.78 Å². The molecular formula is C22H14FNO4. The lowest BCUT2D eigenvalue weighted by atomic mass is 10.1. The van der Waals surface area contributed by atoms with E-state index in [-0.39, 0.29) is 22.9 Å². The SMILES string of the molecule is Cc1c(OC(=O)c2ccc(F)cc2)ccc2c1O/C(=C\c1ccncc1)C2=O. The molecule has 28 heavy (non-hydrogen) atoms. The van der Waals surface area contributed by atoms with Crippen molar-refractivity contribution >= 4 is 17.8 Å². The van der Waals surface area contributed by atoms with Crippen molar-refractivity contribution in [2.45, 2.75) is 6.92 Å². The van der Waals surface area contributed by atoms with E-state index in [1.807, 2.05) is 0 Å². The van der Waals surface area contributed by atoms with Crippen LogP contribution in [0.2, 0.25) is 0 Å². The molecule has 1 aliphatic heterocycles. The van der Waals surface area contributed by atoms with E-state index in [1.54, 1.807) is 49.7 Å². The normalized spacial score (nSPS) is 13.9. The highest BCUT2D eigenvalue weighted by Crippen LogP contribution is 2.39. The van der Waals surface area contributed by atoms with Gasteiger partial charge in [-0.05, 0) is 67.1 Å². The smallest absolute Gasteiger partial charge is 0.343 e. The molecule has 0 aliphatic carbocycles. The number of hydrogen-bond donors (Lipinski definition) is 0. The van der Waals surface area contributed by atoms with Gasteiger partial charge < -0.3 is 9.47 Å². The van der Waals surface area contributed by atoms with E-state index < -0.39 is 11.8 Å². The van der Waals surface area contributed by atoms with Gasteiger partial charge in [-0.25, -0.2) is 9.18 Å². The summed E-state index contributed by atoms with van der Waals surface area (Å²) in [6.45, 7) is 1.70. The molecule has 6 heteroatoms. The summed E-state index contributed by atoms with van der Waals surface area (Å²) in [4.78, 5) is 28.8. The van der Waals surface area contributed by atoms with E-state index in [2.05, 4.69) is 4.98 Å². The second kappa shape index (κ2) is 7.08. The zero-order valence-electron chi connectivity index (χ0n) is 14.8. The summed E-state index contributed by atoms with van der Waals surface area (Å²) in [5.74, 6) is -0.496. The van der Waals surface area contributed by atoms with Crippen LogP contribution in [0.3, 0.4) is 0 Å². The van der Waals surface area contributed by atoms with Crippen LogP contribution in [0.25, 0.3) is 6.08 Å². The van der Waals surface area contributed by atoms with Crippen LogP contribution in [0.1, 0.15) is 31.8 Å². The zero-order chi connectivity index (χ0) is 19.7. The molecule has 0 unspecified atom stereocenters. The molecule has 5 nitrogen and oxygen atoms in total. The van der Waals surface area contributed by atoms with Gasteiger partial charge in [0.25, 0.3) is 0 Å². The number of carbonyl (C=O) groups is 2. The van der Waals surface area contributed by atoms with E-state index >= 15 is 0 Å². The number of allylic oxidation sites excluding steroid dienone is 1. The minimum absolute atomic E-state index is 0.186. The fourth-order valence-electron chi connectivity index (χ4n) is 2.83. The van der Waals surface area contributed by atoms with E-state index in [4.69, 9.17) is 9.47 Å². The molecule has 1 aromatic heterocycles. The van der Waals surface area contributed by atoms with Crippen LogP contribution in [0, 0.1) is 12.7 Å². The van der Waals surface area contributed by atoms with Crippen molar-refractivity contribution in [1.82, 2.24) is 4.98 Å². The molecule has 0 fully saturated rings. The van der Waals surface area contributed by atoms with Gasteiger partial charge >= 0.3 is 5.97 Å². The first-order valence-corrected chi connectivity index (χ1v) is 8.48. The number of rotatable bonds is 3. The molecule has 0 radical (unpaired) electrons. The van der Waals surface area contributed by atoms with E-state index in [0.29, 0.717) is 16.9 Å². The minimum Gasteiger partial charge on any atom is -0.452 e. The monoisotopic (exact) mass is 375 g/mol. The quantitative estimate of drug-likeness (QED) is 0.386. The Labute approximate surface area is 160 Å². The highest BCUT2D eigenvalue weighted by atomic mass is 19.1. The molecule has 0 amide bonds. The third-order valence-electron chi connectivity index (χ3n) is 4.32. The van der Waals surface area contributed by atoms with Gasteiger partial charge in [0, 0.05) is 18.0 Å². The molecule has 1 aliphatic rings. The lowest BCUT2D eigenvalue weighted by Gasteiger charge is -2.10. The molecule has 2 heterocycles. The minimum atomic E-state index is -0.625. The largest absolute Gasteiger partial charge is 0.452 e. The molecule has 138 valence electrons. The Kier molecular flexibility index (Phi) is 4.45. The highest BCUT2D eigenvalue weighted by Gasteiger charge is 2.30. The van der Waals surface area contributed by atoms with Crippen LogP contribution in [0.15, 0.2) is 66.7 Å². The Morgan fingerprint density at radius 1 is 1.07 bits per heavy atom. The van der Waals surface area contributed by atoms with Gasteiger partial charge in [-0.15, -0.1) is 0 Å². The molecule has 0 saturated carbocycles. The number of halogens is 1. The van der Waals surface area contributed by atoms with Gasteiger partial charge in [-0.1, -0.05) is 0 Å². The fourth-order valence-corrected chi connectivity index (χ4v) is 2.83. The summed E-state index contributed by atoms with van der Waals surface area (Å²) in [5, 5.41) is 0. The van der Waals surface area contributed by atoms with Gasteiger partial charge in [-0.2, -0.15) is 0 Å². The average molecular weight is 375 g/mol. The highest BCUT2D eigenvalue weighted by molar-refractivity contribution is 6.15. The first-order valence-electron chi connectivity index (χ1n) is 8.48. The number of fused-ring (bicyclic) bond motifs is 1. The summed E-state index contributed by atoms with van der Waals surface area (Å²) in [6, 6.07) is 11.7. The topological polar surface area (TPSA) is 65.5 Å². The van der Waals surface area contributed by atoms with E-state index in [1.165, 1.54) is 24.3 Å². The molecule has 2 aromatic carbocycles. The molecule has 0 spiro atoms. The van der Waals surface area contributed by atoms with Crippen molar-refractivity contribution in [1.29, 1.82) is 0 Å². The first-order chi connectivity index (χ1) is 13.5. The molecule has 4 rings (SSSR count). The molecule has 0 bridgehead atoms. The lowest BCUT2D eigenvalue weighted by Crippen LogP contribution is -2.09. The van der Waals surface area contributed by atoms with Crippen molar-refractivity contribution in [3.05, 3.63) is 94.8 Å². The molecular weight excluding hydrogens is 361 g/mol. The number of hydrogen-bond acceptors (Lipinski definition) is 5. The first kappa shape index (κ1) is 17.6. The maximum Gasteiger partial charge on any atom is 0.343 e. The Morgan fingerprint density at radius 2 is 1.79 bits per heavy atom. The van der Waals surface area contributed by atoms with Crippen molar-refractivity contribution in [2.24, 2.45) is 0 Å². The standard InChI is InChI=1S/C22H14FNO4/c1-13-18(28-22(26)15-2-4-16(23)5-3-15)7-6-17-20(25)19(27-21(13)17)12-14-8-10-24-11-9-14/h2-12H,1H3/b19-12-. The third-order valence-corrected chi connectivity index (χ3v) is 4.32. The van der Waals surface area contributed by atoms with Crippen molar-refractivity contribution in [3.8, 4) is 11.5 Å².